The minimum absolute atomic E-state index is 0. The second kappa shape index (κ2) is 24.9. The summed E-state index contributed by atoms with van der Waals surface area (Å²) in [6.07, 6.45) is 0. The Morgan fingerprint density at radius 3 is 0.887 bits per heavy atom. The third kappa shape index (κ3) is 15.3. The molecule has 0 aliphatic rings. The fraction of sp³-hybridized carbons (Fsp3) is 0.472. The second-order valence-electron chi connectivity index (χ2n) is 29.3. The molecule has 4 nitrogen and oxygen atoms in total. The van der Waals surface area contributed by atoms with Gasteiger partial charge in [-0.1, -0.05) is 0 Å². The fourth-order valence-electron chi connectivity index (χ4n) is 10.4. The molecule has 0 heterocycles. The van der Waals surface area contributed by atoms with Gasteiger partial charge in [-0.15, -0.1) is 0 Å². The van der Waals surface area contributed by atoms with Crippen LogP contribution in [0.4, 0.5) is 8.78 Å². The van der Waals surface area contributed by atoms with Crippen molar-refractivity contribution in [1.82, 2.24) is 0 Å². The monoisotopic (exact) mass is 1230 g/mol. The molecule has 434 valence electrons. The van der Waals surface area contributed by atoms with Crippen molar-refractivity contribution in [2.75, 3.05) is 10.9 Å². The first-order chi connectivity index (χ1) is 35.0. The Labute approximate surface area is 506 Å². The Bertz CT molecular complexity index is 2880. The molecule has 0 unspecified atom stereocenters. The molecule has 0 aliphatic carbocycles. The molecule has 6 aromatic carbocycles. The Morgan fingerprint density at radius 2 is 0.650 bits per heavy atom. The van der Waals surface area contributed by atoms with Gasteiger partial charge in [-0.05, 0) is 0 Å². The van der Waals surface area contributed by atoms with E-state index in [2.05, 4.69) is 147 Å². The van der Waals surface area contributed by atoms with Crippen LogP contribution in [0.1, 0.15) is 197 Å². The molecule has 0 aliphatic heterocycles. The average Bonchev–Trinajstić information content (AvgIpc) is 3.28. The predicted molar refractivity (Wildman–Crippen MR) is 339 cm³/mol. The summed E-state index contributed by atoms with van der Waals surface area (Å²) in [6.45, 7) is 51.4. The van der Waals surface area contributed by atoms with E-state index in [0.29, 0.717) is 66.9 Å². The Balaban J connectivity index is 0.00000560. The Hall–Kier alpha value is -4.19. The van der Waals surface area contributed by atoms with Gasteiger partial charge in [-0.2, -0.15) is 0 Å². The van der Waals surface area contributed by atoms with Crippen LogP contribution in [0.15, 0.2) is 84.9 Å². The molecule has 6 aromatic rings. The molecule has 8 heteroatoms. The minimum Gasteiger partial charge on any atom is -0.358 e. The van der Waals surface area contributed by atoms with Crippen LogP contribution in [0.3, 0.4) is 0 Å². The van der Waals surface area contributed by atoms with Crippen molar-refractivity contribution in [2.45, 2.75) is 208 Å². The van der Waals surface area contributed by atoms with E-state index in [1.165, 1.54) is 34.4 Å². The van der Waals surface area contributed by atoms with Crippen LogP contribution in [0.2, 0.25) is 9.50 Å². The third-order valence-electron chi connectivity index (χ3n) is 16.1. The molecular formula is C72H100F2GeO4Zr. The van der Waals surface area contributed by atoms with Crippen LogP contribution in [-0.4, -0.2) is 34.4 Å². The van der Waals surface area contributed by atoms with Crippen LogP contribution < -0.4 is 9.47 Å². The van der Waals surface area contributed by atoms with Gasteiger partial charge in [-0.3, -0.25) is 0 Å². The predicted octanol–water partition coefficient (Wildman–Crippen LogP) is 21.1. The number of hydrogen-bond donors (Lipinski definition) is 2. The van der Waals surface area contributed by atoms with Gasteiger partial charge in [0, 0.05) is 0 Å². The second-order valence-corrected chi connectivity index (χ2v) is 40.5. The van der Waals surface area contributed by atoms with Crippen LogP contribution in [0, 0.1) is 40.3 Å². The average molecular weight is 1230 g/mol. The number of rotatable bonds is 12. The molecule has 6 rings (SSSR count). The molecule has 0 bridgehead atoms. The van der Waals surface area contributed by atoms with Gasteiger partial charge in [0.25, 0.3) is 0 Å². The number of benzene rings is 6. The maximum atomic E-state index is 16.7. The number of aryl methyl sites for hydroxylation is 2. The number of hydrogen-bond acceptors (Lipinski definition) is 4. The molecule has 0 amide bonds. The normalized spacial score (nSPS) is 12.8. The van der Waals surface area contributed by atoms with Crippen LogP contribution >= 0.6 is 0 Å². The van der Waals surface area contributed by atoms with Crippen LogP contribution in [0.25, 0.3) is 44.5 Å². The van der Waals surface area contributed by atoms with Crippen molar-refractivity contribution >= 4 is 13.3 Å². The number of halogens is 2. The van der Waals surface area contributed by atoms with Gasteiger partial charge in [0.15, 0.2) is 0 Å². The molecule has 0 saturated heterocycles. The SMILES string of the molecule is Cc1cc(-c2cc(C(C)(C)C)cc(C(C)(C)C)c2)c(O)c(-c2cc(C(C)(C)C)c(F)cc2O[CH2][Ge]([CH2]Oc2cc(F)c(C(C)(C)C)cc2-c2cc(C)cc(-c3cc(C(C)(C)C)cc(C(C)(C)C)c3)c2O)([CH](C)C)[CH](C)C)c1.[CH3-].[CH3-].[Zr+2]. The zero-order chi connectivity index (χ0) is 58.1. The smallest absolute Gasteiger partial charge is 0.358 e. The molecule has 0 saturated carbocycles. The molecule has 2 N–H and O–H groups in total. The topological polar surface area (TPSA) is 58.9 Å². The summed E-state index contributed by atoms with van der Waals surface area (Å²) in [5, 5.41) is 25.2. The summed E-state index contributed by atoms with van der Waals surface area (Å²) in [4.78, 5) is 0. The quantitative estimate of drug-likeness (QED) is 0.0947. The van der Waals surface area contributed by atoms with E-state index < -0.39 is 24.1 Å². The van der Waals surface area contributed by atoms with Crippen molar-refractivity contribution in [2.24, 2.45) is 0 Å². The van der Waals surface area contributed by atoms with Gasteiger partial charge in [0.1, 0.15) is 0 Å². The van der Waals surface area contributed by atoms with E-state index in [4.69, 9.17) is 9.47 Å². The molecule has 0 aromatic heterocycles. The number of ether oxygens (including phenoxy) is 2. The van der Waals surface area contributed by atoms with Gasteiger partial charge in [-0.25, -0.2) is 0 Å². The van der Waals surface area contributed by atoms with Crippen molar-refractivity contribution in [3.05, 3.63) is 156 Å². The van der Waals surface area contributed by atoms with Crippen molar-refractivity contribution in [3.63, 3.8) is 0 Å². The Kier molecular flexibility index (Phi) is 21.9. The molecular weight excluding hydrogens is 1130 g/mol. The zero-order valence-corrected chi connectivity index (χ0v) is 58.7. The number of phenols is 2. The standard InChI is InChI=1S/C70H94F2GeO4.2CH3.Zr/c1-41(2)73(42(3)4,39-76-61-37-59(71)57(69(19,20)21)35-53(61)55-27-43(5)25-51(63(55)74)45-29-47(65(7,8)9)33-48(30-45)66(10,11)12)40-77-62-38-60(72)58(70(22,23)24)36-54(62)56-28-44(6)26-52(64(56)75)46-31-49(67(13,14)15)34-50(32-46)68(16,17)18;;;/h25-38,41-42,74-75H,39-40H2,1-24H3;2*1H3;/q;2*-1;+2. The van der Waals surface area contributed by atoms with Crippen LogP contribution in [0.5, 0.6) is 23.0 Å². The molecule has 0 atom stereocenters. The largest absolute Gasteiger partial charge is 2.00 e. The van der Waals surface area contributed by atoms with E-state index in [1.807, 2.05) is 91.8 Å². The van der Waals surface area contributed by atoms with Gasteiger partial charge in [0.05, 0.1) is 0 Å². The van der Waals surface area contributed by atoms with Crippen molar-refractivity contribution in [3.8, 4) is 67.5 Å². The Morgan fingerprint density at radius 1 is 0.388 bits per heavy atom. The number of phenolic OH excluding ortho intramolecular Hbond substituents is 2. The number of aromatic hydroxyl groups is 2. The minimum atomic E-state index is -3.51. The van der Waals surface area contributed by atoms with E-state index >= 15 is 8.78 Å². The molecule has 0 spiro atoms. The van der Waals surface area contributed by atoms with Crippen molar-refractivity contribution < 1.29 is 54.7 Å². The van der Waals surface area contributed by atoms with E-state index in [-0.39, 0.29) is 95.4 Å². The summed E-state index contributed by atoms with van der Waals surface area (Å²) in [5.41, 5.74) is 12.2. The maximum absolute atomic E-state index is 16.7. The van der Waals surface area contributed by atoms with Gasteiger partial charge < -0.3 is 14.9 Å². The molecule has 80 heavy (non-hydrogen) atoms. The fourth-order valence-corrected chi connectivity index (χ4v) is 18.0. The van der Waals surface area contributed by atoms with E-state index in [9.17, 15) is 10.2 Å². The first kappa shape index (κ1) is 70.1. The van der Waals surface area contributed by atoms with E-state index in [0.717, 1.165) is 22.3 Å². The maximum Gasteiger partial charge on any atom is 2.00 e. The zero-order valence-electron chi connectivity index (χ0n) is 54.1. The first-order valence-electron chi connectivity index (χ1n) is 28.0. The summed E-state index contributed by atoms with van der Waals surface area (Å²) >= 11 is -3.51. The van der Waals surface area contributed by atoms with Gasteiger partial charge in [0.2, 0.25) is 0 Å². The molecule has 0 radical (unpaired) electrons. The van der Waals surface area contributed by atoms with Crippen LogP contribution in [-0.2, 0) is 58.7 Å². The third-order valence-corrected chi connectivity index (χ3v) is 28.6. The summed E-state index contributed by atoms with van der Waals surface area (Å²) < 4.78 is 47.8. The summed E-state index contributed by atoms with van der Waals surface area (Å²) in [6, 6.07) is 28.0. The summed E-state index contributed by atoms with van der Waals surface area (Å²) in [7, 11) is 0. The van der Waals surface area contributed by atoms with E-state index in [1.54, 1.807) is 0 Å². The van der Waals surface area contributed by atoms with Crippen molar-refractivity contribution in [1.29, 1.82) is 0 Å². The molecule has 0 fully saturated rings. The van der Waals surface area contributed by atoms with Gasteiger partial charge >= 0.3 is 496 Å². The first-order valence-corrected chi connectivity index (χ1v) is 33.4. The summed E-state index contributed by atoms with van der Waals surface area (Å²) in [5.74, 6) is 0.150.